The van der Waals surface area contributed by atoms with Crippen LogP contribution in [0.1, 0.15) is 61.4 Å². The molecule has 0 saturated carbocycles. The third-order valence-corrected chi connectivity index (χ3v) is 7.33. The summed E-state index contributed by atoms with van der Waals surface area (Å²) < 4.78 is 27.0. The normalized spacial score (nSPS) is 16.5. The van der Waals surface area contributed by atoms with Crippen molar-refractivity contribution in [3.05, 3.63) is 59.7 Å². The molecule has 1 aliphatic rings. The molecule has 1 amide bonds. The second kappa shape index (κ2) is 8.88. The highest BCUT2D eigenvalue weighted by Gasteiger charge is 2.26. The smallest absolute Gasteiger partial charge is 0.255 e. The standard InChI is InChI=1S/C22H28N2O3S/c1-3-17(2)20-9-5-6-10-21(20)23-22(25)18-11-13-19(14-12-18)28(26,27)24-15-7-4-8-16-24/h5-6,9-14,17H,3-4,7-8,15-16H2,1-2H3,(H,23,25)/t17-/m0/s1. The summed E-state index contributed by atoms with van der Waals surface area (Å²) in [6.45, 7) is 5.38. The maximum Gasteiger partial charge on any atom is 0.255 e. The molecular formula is C22H28N2O3S. The molecule has 0 aliphatic carbocycles. The topological polar surface area (TPSA) is 66.5 Å². The zero-order valence-electron chi connectivity index (χ0n) is 16.5. The lowest BCUT2D eigenvalue weighted by molar-refractivity contribution is 0.102. The first-order valence-corrected chi connectivity index (χ1v) is 11.4. The van der Waals surface area contributed by atoms with Gasteiger partial charge in [0, 0.05) is 24.3 Å². The van der Waals surface area contributed by atoms with Crippen molar-refractivity contribution in [3.63, 3.8) is 0 Å². The molecule has 1 aliphatic heterocycles. The Hall–Kier alpha value is -2.18. The van der Waals surface area contributed by atoms with Gasteiger partial charge in [0.25, 0.3) is 5.91 Å². The number of sulfonamides is 1. The van der Waals surface area contributed by atoms with Gasteiger partial charge < -0.3 is 5.32 Å². The van der Waals surface area contributed by atoms with Crippen LogP contribution in [0.2, 0.25) is 0 Å². The van der Waals surface area contributed by atoms with Crippen LogP contribution >= 0.6 is 0 Å². The van der Waals surface area contributed by atoms with Crippen LogP contribution in [0.25, 0.3) is 0 Å². The van der Waals surface area contributed by atoms with Crippen LogP contribution in [0.4, 0.5) is 5.69 Å². The van der Waals surface area contributed by atoms with Gasteiger partial charge >= 0.3 is 0 Å². The highest BCUT2D eigenvalue weighted by atomic mass is 32.2. The van der Waals surface area contributed by atoms with E-state index in [0.29, 0.717) is 24.6 Å². The first-order chi connectivity index (χ1) is 13.4. The number of nitrogens with one attached hydrogen (secondary N) is 1. The minimum atomic E-state index is -3.48. The molecule has 0 spiro atoms. The average molecular weight is 401 g/mol. The van der Waals surface area contributed by atoms with E-state index in [-0.39, 0.29) is 10.8 Å². The Balaban J connectivity index is 1.76. The maximum absolute atomic E-state index is 12.7. The van der Waals surface area contributed by atoms with E-state index < -0.39 is 10.0 Å². The molecule has 28 heavy (non-hydrogen) atoms. The van der Waals surface area contributed by atoms with E-state index in [4.69, 9.17) is 0 Å². The summed E-state index contributed by atoms with van der Waals surface area (Å²) in [5, 5.41) is 2.96. The summed E-state index contributed by atoms with van der Waals surface area (Å²) >= 11 is 0. The first-order valence-electron chi connectivity index (χ1n) is 9.94. The van der Waals surface area contributed by atoms with Gasteiger partial charge in [0.2, 0.25) is 10.0 Å². The molecule has 2 aromatic rings. The van der Waals surface area contributed by atoms with Crippen LogP contribution in [0.15, 0.2) is 53.4 Å². The number of anilines is 1. The summed E-state index contributed by atoms with van der Waals surface area (Å²) in [7, 11) is -3.48. The Kier molecular flexibility index (Phi) is 6.52. The number of carbonyl (C=O) groups is 1. The van der Waals surface area contributed by atoms with Gasteiger partial charge in [-0.15, -0.1) is 0 Å². The molecular weight excluding hydrogens is 372 g/mol. The Bertz CT molecular complexity index is 917. The largest absolute Gasteiger partial charge is 0.322 e. The van der Waals surface area contributed by atoms with E-state index in [0.717, 1.165) is 36.9 Å². The quantitative estimate of drug-likeness (QED) is 0.769. The van der Waals surface area contributed by atoms with Crippen molar-refractivity contribution < 1.29 is 13.2 Å². The molecule has 2 aromatic carbocycles. The summed E-state index contributed by atoms with van der Waals surface area (Å²) in [6.07, 6.45) is 3.85. The lowest BCUT2D eigenvalue weighted by Gasteiger charge is -2.25. The average Bonchev–Trinajstić information content (AvgIpc) is 2.74. The van der Waals surface area contributed by atoms with E-state index in [1.165, 1.54) is 16.4 Å². The number of amides is 1. The van der Waals surface area contributed by atoms with Gasteiger partial charge in [0.1, 0.15) is 0 Å². The SMILES string of the molecule is CC[C@H](C)c1ccccc1NC(=O)c1ccc(S(=O)(=O)N2CCCCC2)cc1. The molecule has 1 heterocycles. The molecule has 1 atom stereocenters. The van der Waals surface area contributed by atoms with Crippen molar-refractivity contribution in [1.82, 2.24) is 4.31 Å². The van der Waals surface area contributed by atoms with Gasteiger partial charge in [-0.05, 0) is 61.1 Å². The molecule has 5 nitrogen and oxygen atoms in total. The minimum absolute atomic E-state index is 0.238. The van der Waals surface area contributed by atoms with Gasteiger partial charge in [-0.3, -0.25) is 4.79 Å². The van der Waals surface area contributed by atoms with Gasteiger partial charge in [0.15, 0.2) is 0 Å². The molecule has 0 unspecified atom stereocenters. The predicted octanol–water partition coefficient (Wildman–Crippen LogP) is 4.63. The summed E-state index contributed by atoms with van der Waals surface area (Å²) in [5.74, 6) is 0.103. The number of carbonyl (C=O) groups excluding carboxylic acids is 1. The zero-order chi connectivity index (χ0) is 20.1. The molecule has 0 aromatic heterocycles. The second-order valence-corrected chi connectivity index (χ2v) is 9.28. The van der Waals surface area contributed by atoms with Gasteiger partial charge in [-0.1, -0.05) is 38.5 Å². The fourth-order valence-corrected chi connectivity index (χ4v) is 5.00. The lowest BCUT2D eigenvalue weighted by atomic mass is 9.97. The van der Waals surface area contributed by atoms with Gasteiger partial charge in [0.05, 0.1) is 4.90 Å². The van der Waals surface area contributed by atoms with Crippen molar-refractivity contribution in [2.45, 2.75) is 50.3 Å². The monoisotopic (exact) mass is 400 g/mol. The molecule has 0 radical (unpaired) electrons. The van der Waals surface area contributed by atoms with Crippen LogP contribution in [0.3, 0.4) is 0 Å². The molecule has 1 saturated heterocycles. The van der Waals surface area contributed by atoms with E-state index >= 15 is 0 Å². The third-order valence-electron chi connectivity index (χ3n) is 5.42. The fourth-order valence-electron chi connectivity index (χ4n) is 3.49. The Morgan fingerprint density at radius 2 is 1.68 bits per heavy atom. The van der Waals surface area contributed by atoms with Crippen molar-refractivity contribution in [2.24, 2.45) is 0 Å². The van der Waals surface area contributed by atoms with Gasteiger partial charge in [-0.2, -0.15) is 4.31 Å². The first kappa shape index (κ1) is 20.6. The number of para-hydroxylation sites is 1. The lowest BCUT2D eigenvalue weighted by Crippen LogP contribution is -2.35. The molecule has 1 fully saturated rings. The van der Waals surface area contributed by atoms with E-state index in [9.17, 15) is 13.2 Å². The number of benzene rings is 2. The Morgan fingerprint density at radius 3 is 2.32 bits per heavy atom. The fraction of sp³-hybridized carbons (Fsp3) is 0.409. The summed E-state index contributed by atoms with van der Waals surface area (Å²) in [4.78, 5) is 12.9. The van der Waals surface area contributed by atoms with Crippen LogP contribution < -0.4 is 5.32 Å². The minimum Gasteiger partial charge on any atom is -0.322 e. The highest BCUT2D eigenvalue weighted by Crippen LogP contribution is 2.27. The summed E-state index contributed by atoms with van der Waals surface area (Å²) in [6, 6.07) is 14.0. The van der Waals surface area contributed by atoms with Crippen molar-refractivity contribution in [2.75, 3.05) is 18.4 Å². The molecule has 1 N–H and O–H groups in total. The Labute approximate surface area is 167 Å². The number of hydrogen-bond donors (Lipinski definition) is 1. The predicted molar refractivity (Wildman–Crippen MR) is 112 cm³/mol. The second-order valence-electron chi connectivity index (χ2n) is 7.34. The van der Waals surface area contributed by atoms with Crippen molar-refractivity contribution in [1.29, 1.82) is 0 Å². The van der Waals surface area contributed by atoms with Crippen molar-refractivity contribution in [3.8, 4) is 0 Å². The van der Waals surface area contributed by atoms with E-state index in [1.54, 1.807) is 12.1 Å². The Morgan fingerprint density at radius 1 is 1.04 bits per heavy atom. The van der Waals surface area contributed by atoms with Crippen LogP contribution in [-0.4, -0.2) is 31.7 Å². The maximum atomic E-state index is 12.7. The van der Waals surface area contributed by atoms with Crippen LogP contribution in [0, 0.1) is 0 Å². The van der Waals surface area contributed by atoms with Crippen LogP contribution in [-0.2, 0) is 10.0 Å². The highest BCUT2D eigenvalue weighted by molar-refractivity contribution is 7.89. The van der Waals surface area contributed by atoms with Gasteiger partial charge in [-0.25, -0.2) is 8.42 Å². The zero-order valence-corrected chi connectivity index (χ0v) is 17.3. The molecule has 0 bridgehead atoms. The molecule has 3 rings (SSSR count). The van der Waals surface area contributed by atoms with E-state index in [1.807, 2.05) is 24.3 Å². The summed E-state index contributed by atoms with van der Waals surface area (Å²) in [5.41, 5.74) is 2.34. The van der Waals surface area contributed by atoms with E-state index in [2.05, 4.69) is 19.2 Å². The number of hydrogen-bond acceptors (Lipinski definition) is 3. The van der Waals surface area contributed by atoms with Crippen LogP contribution in [0.5, 0.6) is 0 Å². The molecule has 150 valence electrons. The van der Waals surface area contributed by atoms with Crippen molar-refractivity contribution >= 4 is 21.6 Å². The number of nitrogens with zero attached hydrogens (tertiary/aromatic N) is 1. The number of piperidine rings is 1. The number of rotatable bonds is 6. The third kappa shape index (κ3) is 4.45. The molecule has 6 heteroatoms.